The molecule has 0 aliphatic carbocycles. The third-order valence-corrected chi connectivity index (χ3v) is 2.31. The Morgan fingerprint density at radius 2 is 1.56 bits per heavy atom. The van der Waals surface area contributed by atoms with Gasteiger partial charge in [0.25, 0.3) is 0 Å². The van der Waals surface area contributed by atoms with E-state index >= 15 is 0 Å². The molecule has 2 aromatic carbocycles. The van der Waals surface area contributed by atoms with Gasteiger partial charge in [0.1, 0.15) is 0 Å². The molecule has 0 saturated heterocycles. The number of hydrogen-bond donors (Lipinski definition) is 0. The maximum atomic E-state index is 4.45. The van der Waals surface area contributed by atoms with E-state index in [1.54, 1.807) is 0 Å². The monoisotopic (exact) mass is 207 g/mol. The van der Waals surface area contributed by atoms with Gasteiger partial charge in [0.2, 0.25) is 0 Å². The molecule has 2 aromatic rings. The van der Waals surface area contributed by atoms with Crippen LogP contribution in [0.4, 0.5) is 5.69 Å². The minimum absolute atomic E-state index is 0.946. The lowest BCUT2D eigenvalue weighted by atomic mass is 10.2. The predicted octanol–water partition coefficient (Wildman–Crippen LogP) is 4.08. The van der Waals surface area contributed by atoms with Crippen molar-refractivity contribution in [3.05, 3.63) is 72.3 Å². The minimum atomic E-state index is 0.946. The molecule has 16 heavy (non-hydrogen) atoms. The zero-order chi connectivity index (χ0) is 11.2. The summed E-state index contributed by atoms with van der Waals surface area (Å²) in [6.45, 7) is 3.77. The molecule has 78 valence electrons. The van der Waals surface area contributed by atoms with Crippen LogP contribution in [0.2, 0.25) is 0 Å². The zero-order valence-corrected chi connectivity index (χ0v) is 9.01. The van der Waals surface area contributed by atoms with Crippen molar-refractivity contribution in [3.8, 4) is 0 Å². The highest BCUT2D eigenvalue weighted by Crippen LogP contribution is 2.19. The highest BCUT2D eigenvalue weighted by molar-refractivity contribution is 5.83. The average molecular weight is 207 g/mol. The number of aliphatic imine (C=N–C) groups is 1. The largest absolute Gasteiger partial charge is 0.256 e. The van der Waals surface area contributed by atoms with Gasteiger partial charge in [-0.3, -0.25) is 4.99 Å². The van der Waals surface area contributed by atoms with Gasteiger partial charge in [-0.1, -0.05) is 61.2 Å². The topological polar surface area (TPSA) is 12.4 Å². The van der Waals surface area contributed by atoms with Gasteiger partial charge in [-0.25, -0.2) is 0 Å². The Labute approximate surface area is 95.8 Å². The Hall–Kier alpha value is -2.15. The standard InChI is InChI=1S/C15H13N/c1-2-14-10-6-7-11-15(14)16-12-13-8-4-3-5-9-13/h2-12H,1H2. The summed E-state index contributed by atoms with van der Waals surface area (Å²) in [7, 11) is 0. The lowest BCUT2D eigenvalue weighted by molar-refractivity contribution is 1.50. The summed E-state index contributed by atoms with van der Waals surface area (Å²) in [5.74, 6) is 0. The number of nitrogens with zero attached hydrogens (tertiary/aromatic N) is 1. The van der Waals surface area contributed by atoms with Crippen molar-refractivity contribution in [1.29, 1.82) is 0 Å². The van der Waals surface area contributed by atoms with Gasteiger partial charge in [0.05, 0.1) is 5.69 Å². The minimum Gasteiger partial charge on any atom is -0.256 e. The van der Waals surface area contributed by atoms with Crippen LogP contribution in [-0.2, 0) is 0 Å². The van der Waals surface area contributed by atoms with E-state index in [9.17, 15) is 0 Å². The second-order valence-electron chi connectivity index (χ2n) is 3.43. The molecular weight excluding hydrogens is 194 g/mol. The van der Waals surface area contributed by atoms with Crippen LogP contribution in [0.5, 0.6) is 0 Å². The summed E-state index contributed by atoms with van der Waals surface area (Å²) in [6, 6.07) is 18.0. The van der Waals surface area contributed by atoms with E-state index in [-0.39, 0.29) is 0 Å². The summed E-state index contributed by atoms with van der Waals surface area (Å²) in [4.78, 5) is 4.45. The Kier molecular flexibility index (Phi) is 3.29. The third kappa shape index (κ3) is 2.45. The normalized spacial score (nSPS) is 10.5. The Morgan fingerprint density at radius 1 is 0.875 bits per heavy atom. The highest BCUT2D eigenvalue weighted by atomic mass is 14.7. The van der Waals surface area contributed by atoms with E-state index in [0.717, 1.165) is 16.8 Å². The van der Waals surface area contributed by atoms with Crippen molar-refractivity contribution >= 4 is 18.0 Å². The van der Waals surface area contributed by atoms with Crippen molar-refractivity contribution in [3.63, 3.8) is 0 Å². The summed E-state index contributed by atoms with van der Waals surface area (Å²) < 4.78 is 0. The maximum Gasteiger partial charge on any atom is 0.0701 e. The van der Waals surface area contributed by atoms with Gasteiger partial charge in [-0.15, -0.1) is 0 Å². The van der Waals surface area contributed by atoms with E-state index in [4.69, 9.17) is 0 Å². The molecule has 2 rings (SSSR count). The van der Waals surface area contributed by atoms with Crippen LogP contribution < -0.4 is 0 Å². The van der Waals surface area contributed by atoms with Crippen LogP contribution >= 0.6 is 0 Å². The van der Waals surface area contributed by atoms with Gasteiger partial charge in [0.15, 0.2) is 0 Å². The molecule has 0 radical (unpaired) electrons. The third-order valence-electron chi connectivity index (χ3n) is 2.31. The van der Waals surface area contributed by atoms with Crippen LogP contribution in [-0.4, -0.2) is 6.21 Å². The first kappa shape index (κ1) is 10.4. The molecule has 0 fully saturated rings. The predicted molar refractivity (Wildman–Crippen MR) is 70.2 cm³/mol. The summed E-state index contributed by atoms with van der Waals surface area (Å²) in [5.41, 5.74) is 3.09. The van der Waals surface area contributed by atoms with E-state index in [1.165, 1.54) is 0 Å². The van der Waals surface area contributed by atoms with Crippen molar-refractivity contribution in [2.24, 2.45) is 4.99 Å². The summed E-state index contributed by atoms with van der Waals surface area (Å²) in [5, 5.41) is 0. The van der Waals surface area contributed by atoms with Crippen LogP contribution in [0.3, 0.4) is 0 Å². The van der Waals surface area contributed by atoms with Crippen molar-refractivity contribution in [2.75, 3.05) is 0 Å². The van der Waals surface area contributed by atoms with E-state index in [1.807, 2.05) is 66.9 Å². The molecule has 0 N–H and O–H groups in total. The smallest absolute Gasteiger partial charge is 0.0701 e. The molecule has 0 aliphatic heterocycles. The number of para-hydroxylation sites is 1. The van der Waals surface area contributed by atoms with Gasteiger partial charge in [-0.2, -0.15) is 0 Å². The highest BCUT2D eigenvalue weighted by Gasteiger charge is 1.93. The van der Waals surface area contributed by atoms with Gasteiger partial charge < -0.3 is 0 Å². The first-order valence-electron chi connectivity index (χ1n) is 5.21. The second kappa shape index (κ2) is 5.08. The lowest BCUT2D eigenvalue weighted by Gasteiger charge is -1.98. The first-order chi connectivity index (χ1) is 7.90. The fourth-order valence-corrected chi connectivity index (χ4v) is 1.46. The fraction of sp³-hybridized carbons (Fsp3) is 0. The second-order valence-corrected chi connectivity index (χ2v) is 3.43. The molecule has 0 spiro atoms. The molecule has 0 bridgehead atoms. The number of benzene rings is 2. The van der Waals surface area contributed by atoms with Gasteiger partial charge in [0, 0.05) is 6.21 Å². The quantitative estimate of drug-likeness (QED) is 0.672. The Balaban J connectivity index is 2.27. The average Bonchev–Trinajstić information content (AvgIpc) is 2.38. The molecule has 0 unspecified atom stereocenters. The van der Waals surface area contributed by atoms with E-state index < -0.39 is 0 Å². The molecule has 1 nitrogen and oxygen atoms in total. The zero-order valence-electron chi connectivity index (χ0n) is 9.01. The molecule has 0 atom stereocenters. The maximum absolute atomic E-state index is 4.45. The van der Waals surface area contributed by atoms with Crippen molar-refractivity contribution in [2.45, 2.75) is 0 Å². The van der Waals surface area contributed by atoms with Crippen LogP contribution in [0.15, 0.2) is 66.2 Å². The van der Waals surface area contributed by atoms with Crippen LogP contribution in [0.1, 0.15) is 11.1 Å². The fourth-order valence-electron chi connectivity index (χ4n) is 1.46. The first-order valence-corrected chi connectivity index (χ1v) is 5.21. The molecule has 0 aliphatic rings. The molecule has 0 saturated carbocycles. The SMILES string of the molecule is C=Cc1ccccc1N=Cc1ccccc1. The molecule has 0 aromatic heterocycles. The number of rotatable bonds is 3. The van der Waals surface area contributed by atoms with Crippen molar-refractivity contribution in [1.82, 2.24) is 0 Å². The molecule has 0 amide bonds. The Bertz CT molecular complexity index is 498. The van der Waals surface area contributed by atoms with Gasteiger partial charge in [-0.05, 0) is 17.2 Å². The lowest BCUT2D eigenvalue weighted by Crippen LogP contribution is -1.79. The number of hydrogen-bond acceptors (Lipinski definition) is 1. The van der Waals surface area contributed by atoms with Crippen molar-refractivity contribution < 1.29 is 0 Å². The van der Waals surface area contributed by atoms with Gasteiger partial charge >= 0.3 is 0 Å². The summed E-state index contributed by atoms with van der Waals surface area (Å²) >= 11 is 0. The van der Waals surface area contributed by atoms with Crippen LogP contribution in [0.25, 0.3) is 6.08 Å². The molecular formula is C15H13N. The van der Waals surface area contributed by atoms with E-state index in [0.29, 0.717) is 0 Å². The molecule has 0 heterocycles. The molecule has 1 heteroatoms. The van der Waals surface area contributed by atoms with E-state index in [2.05, 4.69) is 11.6 Å². The summed E-state index contributed by atoms with van der Waals surface area (Å²) in [6.07, 6.45) is 3.68. The Morgan fingerprint density at radius 3 is 2.31 bits per heavy atom. The van der Waals surface area contributed by atoms with Crippen LogP contribution in [0, 0.1) is 0 Å².